The van der Waals surface area contributed by atoms with Gasteiger partial charge in [-0.25, -0.2) is 8.42 Å². The minimum atomic E-state index is -4.12. The molecule has 0 aliphatic heterocycles. The van der Waals surface area contributed by atoms with Crippen molar-refractivity contribution in [3.05, 3.63) is 95.0 Å². The van der Waals surface area contributed by atoms with E-state index in [9.17, 15) is 18.0 Å². The number of benzene rings is 3. The summed E-state index contributed by atoms with van der Waals surface area (Å²) in [4.78, 5) is 28.3. The lowest BCUT2D eigenvalue weighted by molar-refractivity contribution is -0.138. The van der Waals surface area contributed by atoms with Gasteiger partial charge in [-0.05, 0) is 73.7 Å². The van der Waals surface area contributed by atoms with Crippen molar-refractivity contribution in [3.63, 3.8) is 0 Å². The maximum absolute atomic E-state index is 13.9. The second-order valence-electron chi connectivity index (χ2n) is 9.94. The van der Waals surface area contributed by atoms with Crippen LogP contribution < -0.4 is 9.62 Å². The van der Waals surface area contributed by atoms with Gasteiger partial charge in [0, 0.05) is 18.1 Å². The Labute approximate surface area is 236 Å². The average Bonchev–Trinajstić information content (AvgIpc) is 2.91. The van der Waals surface area contributed by atoms with Crippen molar-refractivity contribution in [2.75, 3.05) is 23.9 Å². The van der Waals surface area contributed by atoms with Crippen molar-refractivity contribution in [2.24, 2.45) is 5.92 Å². The number of anilines is 1. The number of amides is 2. The normalized spacial score (nSPS) is 12.2. The molecule has 0 heterocycles. The highest BCUT2D eigenvalue weighted by atomic mass is 35.5. The fourth-order valence-corrected chi connectivity index (χ4v) is 5.60. The largest absolute Gasteiger partial charge is 0.354 e. The van der Waals surface area contributed by atoms with E-state index >= 15 is 0 Å². The Kier molecular flexibility index (Phi) is 10.5. The minimum Gasteiger partial charge on any atom is -0.354 e. The van der Waals surface area contributed by atoms with Crippen molar-refractivity contribution in [1.82, 2.24) is 10.2 Å². The second-order valence-corrected chi connectivity index (χ2v) is 12.2. The smallest absolute Gasteiger partial charge is 0.264 e. The van der Waals surface area contributed by atoms with Crippen LogP contribution in [0.2, 0.25) is 5.02 Å². The summed E-state index contributed by atoms with van der Waals surface area (Å²) in [6.45, 7) is 7.77. The van der Waals surface area contributed by atoms with Gasteiger partial charge in [0.15, 0.2) is 0 Å². The molecule has 208 valence electrons. The molecule has 3 aromatic rings. The summed E-state index contributed by atoms with van der Waals surface area (Å²) in [6, 6.07) is 21.7. The molecule has 0 spiro atoms. The summed E-state index contributed by atoms with van der Waals surface area (Å²) < 4.78 is 28.7. The SMILES string of the molecule is Cc1cccc(N(CC(=O)N(CCc2ccccc2)C(C)C(=O)NCC(C)C)S(=O)(=O)c2ccc(Cl)cc2)c1. The van der Waals surface area contributed by atoms with E-state index in [4.69, 9.17) is 11.6 Å². The highest BCUT2D eigenvalue weighted by Crippen LogP contribution is 2.26. The van der Waals surface area contributed by atoms with E-state index in [2.05, 4.69) is 5.32 Å². The van der Waals surface area contributed by atoms with Crippen LogP contribution in [0.5, 0.6) is 0 Å². The van der Waals surface area contributed by atoms with Crippen LogP contribution in [0.1, 0.15) is 31.9 Å². The molecule has 2 amide bonds. The van der Waals surface area contributed by atoms with Gasteiger partial charge in [0.05, 0.1) is 10.6 Å². The molecule has 1 N–H and O–H groups in total. The zero-order valence-corrected chi connectivity index (χ0v) is 24.4. The summed E-state index contributed by atoms with van der Waals surface area (Å²) >= 11 is 5.99. The van der Waals surface area contributed by atoms with Gasteiger partial charge in [0.1, 0.15) is 12.6 Å². The van der Waals surface area contributed by atoms with Gasteiger partial charge in [0.25, 0.3) is 10.0 Å². The molecular weight excluding hydrogens is 534 g/mol. The summed E-state index contributed by atoms with van der Waals surface area (Å²) in [5.74, 6) is -0.513. The van der Waals surface area contributed by atoms with Crippen LogP contribution in [-0.2, 0) is 26.0 Å². The van der Waals surface area contributed by atoms with Gasteiger partial charge in [-0.2, -0.15) is 0 Å². The van der Waals surface area contributed by atoms with Crippen LogP contribution in [0.3, 0.4) is 0 Å². The second kappa shape index (κ2) is 13.6. The highest BCUT2D eigenvalue weighted by Gasteiger charge is 2.32. The highest BCUT2D eigenvalue weighted by molar-refractivity contribution is 7.92. The Morgan fingerprint density at radius 1 is 0.923 bits per heavy atom. The fourth-order valence-electron chi connectivity index (χ4n) is 4.07. The third kappa shape index (κ3) is 8.31. The number of nitrogens with one attached hydrogen (secondary N) is 1. The maximum Gasteiger partial charge on any atom is 0.264 e. The lowest BCUT2D eigenvalue weighted by Crippen LogP contribution is -2.52. The number of nitrogens with zero attached hydrogens (tertiary/aromatic N) is 2. The molecule has 0 aliphatic rings. The third-order valence-electron chi connectivity index (χ3n) is 6.31. The predicted molar refractivity (Wildman–Crippen MR) is 156 cm³/mol. The Morgan fingerprint density at radius 2 is 1.59 bits per heavy atom. The summed E-state index contributed by atoms with van der Waals surface area (Å²) in [5.41, 5.74) is 2.21. The van der Waals surface area contributed by atoms with Crippen molar-refractivity contribution < 1.29 is 18.0 Å². The van der Waals surface area contributed by atoms with Crippen molar-refractivity contribution in [3.8, 4) is 0 Å². The molecule has 0 saturated heterocycles. The van der Waals surface area contributed by atoms with Gasteiger partial charge < -0.3 is 10.2 Å². The fraction of sp³-hybridized carbons (Fsp3) is 0.333. The van der Waals surface area contributed by atoms with E-state index in [-0.39, 0.29) is 23.3 Å². The van der Waals surface area contributed by atoms with Gasteiger partial charge in [0.2, 0.25) is 11.8 Å². The summed E-state index contributed by atoms with van der Waals surface area (Å²) in [6.07, 6.45) is 0.517. The molecule has 9 heteroatoms. The van der Waals surface area contributed by atoms with Crippen LogP contribution in [0.4, 0.5) is 5.69 Å². The van der Waals surface area contributed by atoms with Crippen LogP contribution in [-0.4, -0.2) is 50.8 Å². The van der Waals surface area contributed by atoms with Crippen LogP contribution in [0.25, 0.3) is 0 Å². The lowest BCUT2D eigenvalue weighted by Gasteiger charge is -2.32. The number of hydrogen-bond donors (Lipinski definition) is 1. The molecule has 1 unspecified atom stereocenters. The van der Waals surface area contributed by atoms with Gasteiger partial charge in [-0.15, -0.1) is 0 Å². The summed E-state index contributed by atoms with van der Waals surface area (Å²) in [5, 5.41) is 3.30. The van der Waals surface area contributed by atoms with Gasteiger partial charge in [-0.1, -0.05) is 67.9 Å². The first kappa shape index (κ1) is 30.2. The van der Waals surface area contributed by atoms with Crippen molar-refractivity contribution >= 4 is 39.1 Å². The maximum atomic E-state index is 13.9. The molecule has 1 atom stereocenters. The number of aryl methyl sites for hydroxylation is 1. The van der Waals surface area contributed by atoms with Crippen molar-refractivity contribution in [1.29, 1.82) is 0 Å². The average molecular weight is 570 g/mol. The number of carbonyl (C=O) groups excluding carboxylic acids is 2. The number of hydrogen-bond acceptors (Lipinski definition) is 4. The molecule has 0 bridgehead atoms. The van der Waals surface area contributed by atoms with E-state index in [1.54, 1.807) is 25.1 Å². The Hall–Kier alpha value is -3.36. The van der Waals surface area contributed by atoms with E-state index < -0.39 is 28.5 Å². The molecule has 0 aliphatic carbocycles. The van der Waals surface area contributed by atoms with Gasteiger partial charge in [-0.3, -0.25) is 13.9 Å². The first-order chi connectivity index (χ1) is 18.5. The summed E-state index contributed by atoms with van der Waals surface area (Å²) in [7, 11) is -4.12. The molecule has 7 nitrogen and oxygen atoms in total. The minimum absolute atomic E-state index is 0.0137. The predicted octanol–water partition coefficient (Wildman–Crippen LogP) is 5.08. The molecule has 39 heavy (non-hydrogen) atoms. The molecule has 0 radical (unpaired) electrons. The zero-order chi connectivity index (χ0) is 28.6. The standard InChI is InChI=1S/C30H36ClN3O4S/c1-22(2)20-32-30(36)24(4)33(18-17-25-10-6-5-7-11-25)29(35)21-34(27-12-8-9-23(3)19-27)39(37,38)28-15-13-26(31)14-16-28/h5-16,19,22,24H,17-18,20-21H2,1-4H3,(H,32,36). The molecule has 3 aromatic carbocycles. The van der Waals surface area contributed by atoms with Crippen molar-refractivity contribution in [2.45, 2.75) is 45.1 Å². The monoisotopic (exact) mass is 569 g/mol. The topological polar surface area (TPSA) is 86.8 Å². The Bertz CT molecular complexity index is 1360. The molecule has 0 fully saturated rings. The van der Waals surface area contributed by atoms with Crippen LogP contribution in [0, 0.1) is 12.8 Å². The quantitative estimate of drug-likeness (QED) is 0.330. The number of rotatable bonds is 12. The molecule has 3 rings (SSSR count). The lowest BCUT2D eigenvalue weighted by atomic mass is 10.1. The van der Waals surface area contributed by atoms with Gasteiger partial charge >= 0.3 is 0 Å². The Morgan fingerprint density at radius 3 is 2.21 bits per heavy atom. The first-order valence-corrected chi connectivity index (χ1v) is 14.8. The number of halogens is 1. The van der Waals surface area contributed by atoms with E-state index in [0.717, 1.165) is 15.4 Å². The number of sulfonamides is 1. The Balaban J connectivity index is 1.96. The van der Waals surface area contributed by atoms with Crippen LogP contribution in [0.15, 0.2) is 83.8 Å². The van der Waals surface area contributed by atoms with E-state index in [1.165, 1.54) is 29.2 Å². The van der Waals surface area contributed by atoms with E-state index in [0.29, 0.717) is 23.7 Å². The van der Waals surface area contributed by atoms with E-state index in [1.807, 2.05) is 57.2 Å². The van der Waals surface area contributed by atoms with Crippen LogP contribution >= 0.6 is 11.6 Å². The molecule has 0 aromatic heterocycles. The third-order valence-corrected chi connectivity index (χ3v) is 8.35. The first-order valence-electron chi connectivity index (χ1n) is 12.9. The molecule has 0 saturated carbocycles. The number of carbonyl (C=O) groups is 2. The zero-order valence-electron chi connectivity index (χ0n) is 22.8. The molecular formula is C30H36ClN3O4S.